The molecule has 3 atom stereocenters. The Morgan fingerprint density at radius 2 is 1.71 bits per heavy atom. The molecule has 0 aliphatic rings. The van der Waals surface area contributed by atoms with Crippen molar-refractivity contribution < 1.29 is 28.7 Å². The van der Waals surface area contributed by atoms with E-state index in [0.29, 0.717) is 24.0 Å². The molecule has 1 rings (SSSR count). The largest absolute Gasteiger partial charge is 0.468 e. The summed E-state index contributed by atoms with van der Waals surface area (Å²) in [5.41, 5.74) is 0.398. The molecule has 0 aliphatic heterocycles. The lowest BCUT2D eigenvalue weighted by molar-refractivity contribution is -0.145. The van der Waals surface area contributed by atoms with E-state index in [9.17, 15) is 19.2 Å². The first-order valence-corrected chi connectivity index (χ1v) is 13.1. The standard InChI is InChI=1S/C29H43N3O6/c1-9-12-13-18-32(27(35)24(20(4)10-2)31-28(36)38-29(5,6)7)25(26(34)30-19-23(33)37-8)22-16-14-21(11-3)15-17-22/h3,14-17,20,24-25H,9-10,12-13,18-19H2,1-2,4-8H3,(H,30,34)(H,31,36). The summed E-state index contributed by atoms with van der Waals surface area (Å²) in [5.74, 6) is 0.716. The highest BCUT2D eigenvalue weighted by Gasteiger charge is 2.38. The number of ether oxygens (including phenoxy) is 2. The monoisotopic (exact) mass is 529 g/mol. The van der Waals surface area contributed by atoms with Crippen molar-refractivity contribution in [1.82, 2.24) is 15.5 Å². The zero-order valence-corrected chi connectivity index (χ0v) is 23.8. The Bertz CT molecular complexity index is 978. The zero-order chi connectivity index (χ0) is 28.9. The van der Waals surface area contributed by atoms with Gasteiger partial charge in [-0.15, -0.1) is 6.42 Å². The van der Waals surface area contributed by atoms with Crippen LogP contribution in [-0.4, -0.2) is 60.6 Å². The number of rotatable bonds is 13. The summed E-state index contributed by atoms with van der Waals surface area (Å²) >= 11 is 0. The number of nitrogens with zero attached hydrogens (tertiary/aromatic N) is 1. The van der Waals surface area contributed by atoms with Crippen molar-refractivity contribution in [2.75, 3.05) is 20.2 Å². The third-order valence-electron chi connectivity index (χ3n) is 6.02. The van der Waals surface area contributed by atoms with Crippen molar-refractivity contribution in [3.8, 4) is 12.3 Å². The van der Waals surface area contributed by atoms with E-state index in [0.717, 1.165) is 12.8 Å². The first-order chi connectivity index (χ1) is 17.9. The molecule has 0 fully saturated rings. The summed E-state index contributed by atoms with van der Waals surface area (Å²) in [7, 11) is 1.23. The van der Waals surface area contributed by atoms with E-state index in [2.05, 4.69) is 21.3 Å². The quantitative estimate of drug-likeness (QED) is 0.227. The Hall–Kier alpha value is -3.54. The lowest BCUT2D eigenvalue weighted by Gasteiger charge is -2.36. The van der Waals surface area contributed by atoms with Gasteiger partial charge in [0.05, 0.1) is 7.11 Å². The van der Waals surface area contributed by atoms with Gasteiger partial charge in [-0.05, 0) is 50.8 Å². The summed E-state index contributed by atoms with van der Waals surface area (Å²) < 4.78 is 10.1. The number of carbonyl (C=O) groups excluding carboxylic acids is 4. The van der Waals surface area contributed by atoms with Crippen LogP contribution in [0, 0.1) is 18.3 Å². The summed E-state index contributed by atoms with van der Waals surface area (Å²) in [6.45, 7) is 11.0. The number of carbonyl (C=O) groups is 4. The molecular weight excluding hydrogens is 486 g/mol. The molecule has 0 aliphatic carbocycles. The van der Waals surface area contributed by atoms with Crippen LogP contribution >= 0.6 is 0 Å². The van der Waals surface area contributed by atoms with Crippen LogP contribution in [0.1, 0.15) is 84.4 Å². The topological polar surface area (TPSA) is 114 Å². The van der Waals surface area contributed by atoms with Crippen LogP contribution in [0.3, 0.4) is 0 Å². The molecule has 0 bridgehead atoms. The molecule has 2 N–H and O–H groups in total. The van der Waals surface area contributed by atoms with Crippen molar-refractivity contribution in [1.29, 1.82) is 0 Å². The Morgan fingerprint density at radius 1 is 1.08 bits per heavy atom. The van der Waals surface area contributed by atoms with Crippen molar-refractivity contribution in [3.63, 3.8) is 0 Å². The van der Waals surface area contributed by atoms with Gasteiger partial charge in [-0.25, -0.2) is 4.79 Å². The highest BCUT2D eigenvalue weighted by Crippen LogP contribution is 2.26. The molecule has 9 nitrogen and oxygen atoms in total. The van der Waals surface area contributed by atoms with Gasteiger partial charge in [-0.2, -0.15) is 0 Å². The Balaban J connectivity index is 3.53. The SMILES string of the molecule is C#Cc1ccc(C(C(=O)NCC(=O)OC)N(CCCCC)C(=O)C(NC(=O)OC(C)(C)C)C(C)CC)cc1. The van der Waals surface area contributed by atoms with E-state index in [1.54, 1.807) is 45.0 Å². The Morgan fingerprint density at radius 3 is 2.21 bits per heavy atom. The predicted molar refractivity (Wildman–Crippen MR) is 146 cm³/mol. The number of methoxy groups -OCH3 is 1. The van der Waals surface area contributed by atoms with Crippen LogP contribution in [0.5, 0.6) is 0 Å². The molecule has 0 saturated carbocycles. The van der Waals surface area contributed by atoms with Gasteiger partial charge in [0.15, 0.2) is 0 Å². The molecule has 0 aromatic heterocycles. The average molecular weight is 530 g/mol. The summed E-state index contributed by atoms with van der Waals surface area (Å²) in [6, 6.07) is 4.76. The van der Waals surface area contributed by atoms with Gasteiger partial charge < -0.3 is 25.0 Å². The van der Waals surface area contributed by atoms with Gasteiger partial charge >= 0.3 is 12.1 Å². The summed E-state index contributed by atoms with van der Waals surface area (Å²) in [4.78, 5) is 53.5. The second kappa shape index (κ2) is 15.7. The molecule has 3 unspecified atom stereocenters. The molecule has 0 radical (unpaired) electrons. The predicted octanol–water partition coefficient (Wildman–Crippen LogP) is 3.96. The van der Waals surface area contributed by atoms with Crippen LogP contribution in [0.4, 0.5) is 4.79 Å². The van der Waals surface area contributed by atoms with E-state index in [4.69, 9.17) is 11.2 Å². The zero-order valence-electron chi connectivity index (χ0n) is 23.8. The molecule has 210 valence electrons. The maximum atomic E-state index is 14.1. The molecule has 0 saturated heterocycles. The maximum absolute atomic E-state index is 14.1. The minimum atomic E-state index is -1.07. The van der Waals surface area contributed by atoms with Crippen LogP contribution in [0.25, 0.3) is 0 Å². The van der Waals surface area contributed by atoms with E-state index >= 15 is 0 Å². The van der Waals surface area contributed by atoms with Crippen molar-refractivity contribution in [2.45, 2.75) is 84.9 Å². The van der Waals surface area contributed by atoms with E-state index in [1.165, 1.54) is 12.0 Å². The van der Waals surface area contributed by atoms with E-state index in [-0.39, 0.29) is 19.0 Å². The van der Waals surface area contributed by atoms with Crippen LogP contribution in [0.2, 0.25) is 0 Å². The van der Waals surface area contributed by atoms with Crippen LogP contribution < -0.4 is 10.6 Å². The number of hydrogen-bond donors (Lipinski definition) is 2. The smallest absolute Gasteiger partial charge is 0.408 e. The van der Waals surface area contributed by atoms with Crippen LogP contribution in [0.15, 0.2) is 24.3 Å². The van der Waals surface area contributed by atoms with E-state index < -0.39 is 41.6 Å². The molecule has 0 heterocycles. The molecule has 1 aromatic rings. The highest BCUT2D eigenvalue weighted by molar-refractivity contribution is 5.93. The lowest BCUT2D eigenvalue weighted by atomic mass is 9.95. The fourth-order valence-electron chi connectivity index (χ4n) is 3.76. The molecule has 3 amide bonds. The number of amides is 3. The lowest BCUT2D eigenvalue weighted by Crippen LogP contribution is -2.55. The maximum Gasteiger partial charge on any atom is 0.408 e. The van der Waals surface area contributed by atoms with Crippen molar-refractivity contribution in [3.05, 3.63) is 35.4 Å². The number of esters is 1. The first kappa shape index (κ1) is 32.5. The number of unbranched alkanes of at least 4 members (excludes halogenated alkanes) is 2. The van der Waals surface area contributed by atoms with Gasteiger partial charge in [0.25, 0.3) is 0 Å². The number of alkyl carbamates (subject to hydrolysis) is 1. The highest BCUT2D eigenvalue weighted by atomic mass is 16.6. The molecule has 38 heavy (non-hydrogen) atoms. The number of terminal acetylenes is 1. The fraction of sp³-hybridized carbons (Fsp3) is 0.586. The Kier molecular flexibility index (Phi) is 13.4. The van der Waals surface area contributed by atoms with Crippen molar-refractivity contribution >= 4 is 23.9 Å². The third-order valence-corrected chi connectivity index (χ3v) is 6.02. The van der Waals surface area contributed by atoms with Gasteiger partial charge in [0.1, 0.15) is 24.2 Å². The number of benzene rings is 1. The first-order valence-electron chi connectivity index (χ1n) is 13.1. The second-order valence-corrected chi connectivity index (χ2v) is 10.2. The Labute approximate surface area is 227 Å². The van der Waals surface area contributed by atoms with Gasteiger partial charge in [-0.3, -0.25) is 14.4 Å². The minimum Gasteiger partial charge on any atom is -0.468 e. The average Bonchev–Trinajstić information content (AvgIpc) is 2.88. The van der Waals surface area contributed by atoms with Crippen molar-refractivity contribution in [2.24, 2.45) is 5.92 Å². The minimum absolute atomic E-state index is 0.244. The molecule has 1 aromatic carbocycles. The van der Waals surface area contributed by atoms with E-state index in [1.807, 2.05) is 20.8 Å². The second-order valence-electron chi connectivity index (χ2n) is 10.2. The number of nitrogens with one attached hydrogen (secondary N) is 2. The fourth-order valence-corrected chi connectivity index (χ4v) is 3.76. The molecule has 9 heteroatoms. The third kappa shape index (κ3) is 10.4. The number of hydrogen-bond acceptors (Lipinski definition) is 6. The van der Waals surface area contributed by atoms with Gasteiger partial charge in [-0.1, -0.05) is 58.1 Å². The van der Waals surface area contributed by atoms with Crippen LogP contribution in [-0.2, 0) is 23.9 Å². The molecule has 0 spiro atoms. The summed E-state index contributed by atoms with van der Waals surface area (Å²) in [6.07, 6.45) is 7.78. The van der Waals surface area contributed by atoms with Gasteiger partial charge in [0.2, 0.25) is 11.8 Å². The van der Waals surface area contributed by atoms with Gasteiger partial charge in [0, 0.05) is 12.1 Å². The molecular formula is C29H43N3O6. The normalized spacial score (nSPS) is 13.3. The summed E-state index contributed by atoms with van der Waals surface area (Å²) in [5, 5.41) is 5.31.